The molecule has 1 fully saturated rings. The Bertz CT molecular complexity index is 368. The highest BCUT2D eigenvalue weighted by Gasteiger charge is 2.23. The molecule has 2 nitrogen and oxygen atoms in total. The molecule has 0 heterocycles. The lowest BCUT2D eigenvalue weighted by atomic mass is 9.91. The first-order chi connectivity index (χ1) is 8.79. The predicted molar refractivity (Wildman–Crippen MR) is 75.4 cm³/mol. The van der Waals surface area contributed by atoms with Gasteiger partial charge in [0.1, 0.15) is 0 Å². The van der Waals surface area contributed by atoms with E-state index in [1.54, 1.807) is 0 Å². The van der Waals surface area contributed by atoms with Crippen LogP contribution in [0.4, 0.5) is 5.69 Å². The van der Waals surface area contributed by atoms with Crippen LogP contribution in [0, 0.1) is 11.8 Å². The molecule has 1 aromatic rings. The third-order valence-corrected chi connectivity index (χ3v) is 4.00. The van der Waals surface area contributed by atoms with Gasteiger partial charge in [-0.25, -0.2) is 0 Å². The van der Waals surface area contributed by atoms with E-state index in [4.69, 9.17) is 0 Å². The van der Waals surface area contributed by atoms with Crippen molar-refractivity contribution in [2.75, 3.05) is 5.32 Å². The summed E-state index contributed by atoms with van der Waals surface area (Å²) in [5.41, 5.74) is 0.910. The van der Waals surface area contributed by atoms with Crippen LogP contribution in [-0.2, 0) is 4.79 Å². The number of para-hydroxylation sites is 1. The second-order valence-electron chi connectivity index (χ2n) is 5.35. The van der Waals surface area contributed by atoms with Crippen LogP contribution >= 0.6 is 0 Å². The monoisotopic (exact) mass is 245 g/mol. The van der Waals surface area contributed by atoms with E-state index in [9.17, 15) is 4.79 Å². The molecule has 1 aliphatic carbocycles. The highest BCUT2D eigenvalue weighted by Crippen LogP contribution is 2.31. The molecule has 0 spiro atoms. The molecule has 18 heavy (non-hydrogen) atoms. The van der Waals surface area contributed by atoms with Gasteiger partial charge < -0.3 is 5.32 Å². The average molecular weight is 245 g/mol. The van der Waals surface area contributed by atoms with Crippen molar-refractivity contribution >= 4 is 11.6 Å². The van der Waals surface area contributed by atoms with E-state index < -0.39 is 0 Å². The van der Waals surface area contributed by atoms with Gasteiger partial charge in [-0.3, -0.25) is 4.79 Å². The van der Waals surface area contributed by atoms with Gasteiger partial charge in [-0.15, -0.1) is 0 Å². The van der Waals surface area contributed by atoms with Crippen molar-refractivity contribution < 1.29 is 4.79 Å². The Morgan fingerprint density at radius 3 is 2.56 bits per heavy atom. The van der Waals surface area contributed by atoms with E-state index in [-0.39, 0.29) is 11.8 Å². The minimum atomic E-state index is 0.174. The summed E-state index contributed by atoms with van der Waals surface area (Å²) in [5, 5.41) is 3.03. The van der Waals surface area contributed by atoms with Crippen molar-refractivity contribution in [3.8, 4) is 0 Å². The van der Waals surface area contributed by atoms with Gasteiger partial charge in [0, 0.05) is 11.6 Å². The molecule has 98 valence electrons. The van der Waals surface area contributed by atoms with E-state index in [2.05, 4.69) is 12.2 Å². The van der Waals surface area contributed by atoms with Gasteiger partial charge >= 0.3 is 0 Å². The number of amides is 1. The van der Waals surface area contributed by atoms with Gasteiger partial charge in [0.15, 0.2) is 0 Å². The zero-order valence-electron chi connectivity index (χ0n) is 11.2. The maximum Gasteiger partial charge on any atom is 0.227 e. The molecule has 0 aliphatic heterocycles. The van der Waals surface area contributed by atoms with E-state index in [0.717, 1.165) is 24.4 Å². The molecule has 1 N–H and O–H groups in total. The molecule has 0 bridgehead atoms. The molecule has 1 atom stereocenters. The lowest BCUT2D eigenvalue weighted by Gasteiger charge is -2.18. The predicted octanol–water partition coefficient (Wildman–Crippen LogP) is 4.23. The molecule has 1 saturated carbocycles. The normalized spacial score (nSPS) is 17.6. The maximum absolute atomic E-state index is 12.2. The number of rotatable bonds is 5. The molecule has 0 radical (unpaired) electrons. The second-order valence-corrected chi connectivity index (χ2v) is 5.35. The summed E-state index contributed by atoms with van der Waals surface area (Å²) >= 11 is 0. The lowest BCUT2D eigenvalue weighted by molar-refractivity contribution is -0.120. The first-order valence-corrected chi connectivity index (χ1v) is 7.15. The summed E-state index contributed by atoms with van der Waals surface area (Å²) in [6.07, 6.45) is 7.33. The van der Waals surface area contributed by atoms with Gasteiger partial charge in [-0.05, 0) is 30.9 Å². The van der Waals surface area contributed by atoms with Gasteiger partial charge in [0.2, 0.25) is 5.91 Å². The summed E-state index contributed by atoms with van der Waals surface area (Å²) in [4.78, 5) is 12.2. The zero-order valence-corrected chi connectivity index (χ0v) is 11.2. The number of benzene rings is 1. The fourth-order valence-corrected chi connectivity index (χ4v) is 2.87. The Labute approximate surface area is 110 Å². The molecular formula is C16H23NO. The summed E-state index contributed by atoms with van der Waals surface area (Å²) in [6.45, 7) is 2.12. The van der Waals surface area contributed by atoms with Crippen molar-refractivity contribution in [1.82, 2.24) is 0 Å². The fourth-order valence-electron chi connectivity index (χ4n) is 2.87. The van der Waals surface area contributed by atoms with Crippen LogP contribution in [0.2, 0.25) is 0 Å². The number of anilines is 1. The van der Waals surface area contributed by atoms with Crippen molar-refractivity contribution in [3.05, 3.63) is 30.3 Å². The van der Waals surface area contributed by atoms with E-state index in [1.165, 1.54) is 25.7 Å². The van der Waals surface area contributed by atoms with Crippen molar-refractivity contribution in [3.63, 3.8) is 0 Å². The van der Waals surface area contributed by atoms with Gasteiger partial charge in [0.05, 0.1) is 0 Å². The van der Waals surface area contributed by atoms with E-state index >= 15 is 0 Å². The Balaban J connectivity index is 1.88. The van der Waals surface area contributed by atoms with Crippen molar-refractivity contribution in [1.29, 1.82) is 0 Å². The smallest absolute Gasteiger partial charge is 0.227 e. The average Bonchev–Trinajstić information content (AvgIpc) is 2.90. The molecule has 2 rings (SSSR count). The number of carbonyl (C=O) groups excluding carboxylic acids is 1. The van der Waals surface area contributed by atoms with Crippen LogP contribution in [0.15, 0.2) is 30.3 Å². The summed E-state index contributed by atoms with van der Waals surface area (Å²) in [6, 6.07) is 9.76. The number of hydrogen-bond acceptors (Lipinski definition) is 1. The number of carbonyl (C=O) groups is 1. The molecule has 1 amide bonds. The molecule has 1 aromatic carbocycles. The summed E-state index contributed by atoms with van der Waals surface area (Å²) < 4.78 is 0. The Morgan fingerprint density at radius 2 is 1.94 bits per heavy atom. The molecular weight excluding hydrogens is 222 g/mol. The van der Waals surface area contributed by atoms with Crippen LogP contribution < -0.4 is 5.32 Å². The molecule has 1 unspecified atom stereocenters. The molecule has 0 saturated heterocycles. The van der Waals surface area contributed by atoms with Crippen LogP contribution in [-0.4, -0.2) is 5.91 Å². The lowest BCUT2D eigenvalue weighted by Crippen LogP contribution is -2.24. The Kier molecular flexibility index (Phi) is 4.80. The highest BCUT2D eigenvalue weighted by atomic mass is 16.1. The minimum Gasteiger partial charge on any atom is -0.326 e. The molecule has 1 aliphatic rings. The van der Waals surface area contributed by atoms with Gasteiger partial charge in [-0.2, -0.15) is 0 Å². The number of hydrogen-bond donors (Lipinski definition) is 1. The third kappa shape index (κ3) is 3.59. The SMILES string of the molecule is CCC(CC1CCCC1)C(=O)Nc1ccccc1. The van der Waals surface area contributed by atoms with Crippen molar-refractivity contribution in [2.45, 2.75) is 45.4 Å². The van der Waals surface area contributed by atoms with Crippen molar-refractivity contribution in [2.24, 2.45) is 11.8 Å². The van der Waals surface area contributed by atoms with Gasteiger partial charge in [0.25, 0.3) is 0 Å². The fraction of sp³-hybridized carbons (Fsp3) is 0.562. The first-order valence-electron chi connectivity index (χ1n) is 7.15. The quantitative estimate of drug-likeness (QED) is 0.826. The summed E-state index contributed by atoms with van der Waals surface area (Å²) in [5.74, 6) is 1.14. The minimum absolute atomic E-state index is 0.174. The maximum atomic E-state index is 12.2. The zero-order chi connectivity index (χ0) is 12.8. The van der Waals surface area contributed by atoms with Gasteiger partial charge in [-0.1, -0.05) is 50.8 Å². The van der Waals surface area contributed by atoms with Crippen LogP contribution in [0.5, 0.6) is 0 Å². The third-order valence-electron chi connectivity index (χ3n) is 4.00. The topological polar surface area (TPSA) is 29.1 Å². The standard InChI is InChI=1S/C16H23NO/c1-2-14(12-13-8-6-7-9-13)16(18)17-15-10-4-3-5-11-15/h3-5,10-11,13-14H,2,6-9,12H2,1H3,(H,17,18). The summed E-state index contributed by atoms with van der Waals surface area (Å²) in [7, 11) is 0. The van der Waals surface area contributed by atoms with Crippen LogP contribution in [0.3, 0.4) is 0 Å². The highest BCUT2D eigenvalue weighted by molar-refractivity contribution is 5.92. The van der Waals surface area contributed by atoms with E-state index in [1.807, 2.05) is 30.3 Å². The second kappa shape index (κ2) is 6.58. The van der Waals surface area contributed by atoms with E-state index in [0.29, 0.717) is 0 Å². The van der Waals surface area contributed by atoms with Crippen LogP contribution in [0.1, 0.15) is 45.4 Å². The largest absolute Gasteiger partial charge is 0.326 e. The number of nitrogens with one attached hydrogen (secondary N) is 1. The Hall–Kier alpha value is -1.31. The van der Waals surface area contributed by atoms with Crippen LogP contribution in [0.25, 0.3) is 0 Å². The Morgan fingerprint density at radius 1 is 1.28 bits per heavy atom. The molecule has 2 heteroatoms. The molecule has 0 aromatic heterocycles. The first kappa shape index (κ1) is 13.1.